The number of anilines is 3. The second-order valence-corrected chi connectivity index (χ2v) is 5.16. The van der Waals surface area contributed by atoms with Gasteiger partial charge in [-0.05, 0) is 12.1 Å². The van der Waals surface area contributed by atoms with E-state index in [1.54, 1.807) is 6.33 Å². The normalized spacial score (nSPS) is 10.2. The quantitative estimate of drug-likeness (QED) is 0.743. The summed E-state index contributed by atoms with van der Waals surface area (Å²) in [5.74, 6) is 1.47. The minimum Gasteiger partial charge on any atom is -0.347 e. The first kappa shape index (κ1) is 16.7. The van der Waals surface area contributed by atoms with Crippen molar-refractivity contribution in [1.29, 1.82) is 0 Å². The number of rotatable bonds is 3. The van der Waals surface area contributed by atoms with Crippen LogP contribution in [0.4, 0.5) is 17.5 Å². The topological polar surface area (TPSA) is 50.1 Å². The van der Waals surface area contributed by atoms with Crippen LogP contribution < -0.4 is 9.80 Å². The SMILES string of the molecule is CC.CN(C)c1nc(N(C)c2ccccc2)c2ncn(C)c2n1. The van der Waals surface area contributed by atoms with E-state index in [9.17, 15) is 0 Å². The molecule has 0 aliphatic heterocycles. The van der Waals surface area contributed by atoms with Crippen LogP contribution in [-0.2, 0) is 7.05 Å². The Hall–Kier alpha value is -2.63. The van der Waals surface area contributed by atoms with Crippen LogP contribution in [0.25, 0.3) is 11.2 Å². The maximum absolute atomic E-state index is 4.65. The van der Waals surface area contributed by atoms with Crippen molar-refractivity contribution < 1.29 is 0 Å². The molecule has 23 heavy (non-hydrogen) atoms. The predicted octanol–water partition coefficient (Wildman–Crippen LogP) is 3.22. The minimum atomic E-state index is 0.670. The van der Waals surface area contributed by atoms with Crippen molar-refractivity contribution in [3.63, 3.8) is 0 Å². The fourth-order valence-corrected chi connectivity index (χ4v) is 2.19. The highest BCUT2D eigenvalue weighted by molar-refractivity contribution is 5.87. The van der Waals surface area contributed by atoms with Crippen molar-refractivity contribution in [3.8, 4) is 0 Å². The van der Waals surface area contributed by atoms with Crippen LogP contribution in [0.3, 0.4) is 0 Å². The molecule has 2 aromatic heterocycles. The first-order valence-corrected chi connectivity index (χ1v) is 7.73. The van der Waals surface area contributed by atoms with E-state index in [4.69, 9.17) is 0 Å². The number of hydrogen-bond donors (Lipinski definition) is 0. The number of fused-ring (bicyclic) bond motifs is 1. The molecule has 3 rings (SSSR count). The Morgan fingerprint density at radius 2 is 1.61 bits per heavy atom. The van der Waals surface area contributed by atoms with Gasteiger partial charge in [0.2, 0.25) is 5.95 Å². The largest absolute Gasteiger partial charge is 0.347 e. The Labute approximate surface area is 137 Å². The van der Waals surface area contributed by atoms with Gasteiger partial charge in [-0.1, -0.05) is 32.0 Å². The standard InChI is InChI=1S/C15H18N6.C2H6/c1-19(2)15-17-13-12(16-10-20(13)3)14(18-15)21(4)11-8-6-5-7-9-11;1-2/h5-10H,1-4H3;1-2H3. The van der Waals surface area contributed by atoms with E-state index in [-0.39, 0.29) is 0 Å². The van der Waals surface area contributed by atoms with Gasteiger partial charge < -0.3 is 14.4 Å². The van der Waals surface area contributed by atoms with Crippen molar-refractivity contribution >= 4 is 28.6 Å². The average molecular weight is 312 g/mol. The van der Waals surface area contributed by atoms with Crippen LogP contribution in [0.15, 0.2) is 36.7 Å². The number of hydrogen-bond acceptors (Lipinski definition) is 5. The summed E-state index contributed by atoms with van der Waals surface area (Å²) in [6.07, 6.45) is 1.76. The molecule has 0 radical (unpaired) electrons. The number of para-hydroxylation sites is 1. The second-order valence-electron chi connectivity index (χ2n) is 5.16. The third-order valence-corrected chi connectivity index (χ3v) is 3.39. The third-order valence-electron chi connectivity index (χ3n) is 3.39. The lowest BCUT2D eigenvalue weighted by molar-refractivity contribution is 0.917. The van der Waals surface area contributed by atoms with Gasteiger partial charge in [-0.15, -0.1) is 0 Å². The number of aryl methyl sites for hydroxylation is 1. The summed E-state index contributed by atoms with van der Waals surface area (Å²) in [6, 6.07) is 10.1. The van der Waals surface area contributed by atoms with Crippen molar-refractivity contribution in [2.24, 2.45) is 7.05 Å². The zero-order chi connectivity index (χ0) is 17.0. The first-order valence-electron chi connectivity index (χ1n) is 7.73. The monoisotopic (exact) mass is 312 g/mol. The van der Waals surface area contributed by atoms with E-state index in [0.717, 1.165) is 22.7 Å². The number of nitrogens with zero attached hydrogens (tertiary/aromatic N) is 6. The van der Waals surface area contributed by atoms with Crippen LogP contribution in [0.5, 0.6) is 0 Å². The molecule has 0 saturated carbocycles. The molecule has 0 bridgehead atoms. The Kier molecular flexibility index (Phi) is 5.16. The lowest BCUT2D eigenvalue weighted by Gasteiger charge is -2.20. The molecule has 0 N–H and O–H groups in total. The number of benzene rings is 1. The van der Waals surface area contributed by atoms with Crippen molar-refractivity contribution in [1.82, 2.24) is 19.5 Å². The Bertz CT molecular complexity index is 763. The molecule has 0 aliphatic rings. The highest BCUT2D eigenvalue weighted by Crippen LogP contribution is 2.28. The summed E-state index contributed by atoms with van der Waals surface area (Å²) in [4.78, 5) is 17.6. The van der Waals surface area contributed by atoms with Gasteiger partial charge >= 0.3 is 0 Å². The fourth-order valence-electron chi connectivity index (χ4n) is 2.19. The van der Waals surface area contributed by atoms with Crippen molar-refractivity contribution in [2.75, 3.05) is 30.9 Å². The van der Waals surface area contributed by atoms with Gasteiger partial charge in [0.1, 0.15) is 0 Å². The molecule has 0 aliphatic carbocycles. The zero-order valence-corrected chi connectivity index (χ0v) is 14.6. The van der Waals surface area contributed by atoms with Crippen molar-refractivity contribution in [2.45, 2.75) is 13.8 Å². The number of aromatic nitrogens is 4. The zero-order valence-electron chi connectivity index (χ0n) is 14.6. The highest BCUT2D eigenvalue weighted by Gasteiger charge is 2.17. The van der Waals surface area contributed by atoms with Crippen LogP contribution >= 0.6 is 0 Å². The maximum Gasteiger partial charge on any atom is 0.228 e. The lowest BCUT2D eigenvalue weighted by atomic mass is 10.3. The van der Waals surface area contributed by atoms with Gasteiger partial charge in [-0.3, -0.25) is 0 Å². The van der Waals surface area contributed by atoms with Gasteiger partial charge in [0.25, 0.3) is 0 Å². The molecular formula is C17H24N6. The molecule has 6 heteroatoms. The fraction of sp³-hybridized carbons (Fsp3) is 0.353. The van der Waals surface area contributed by atoms with Gasteiger partial charge in [0.05, 0.1) is 6.33 Å². The molecule has 122 valence electrons. The predicted molar refractivity (Wildman–Crippen MR) is 96.5 cm³/mol. The van der Waals surface area contributed by atoms with E-state index in [1.165, 1.54) is 0 Å². The molecule has 0 amide bonds. The second kappa shape index (κ2) is 7.09. The van der Waals surface area contributed by atoms with Crippen LogP contribution in [0.2, 0.25) is 0 Å². The summed E-state index contributed by atoms with van der Waals surface area (Å²) in [6.45, 7) is 4.00. The van der Waals surface area contributed by atoms with Gasteiger partial charge in [0.15, 0.2) is 17.0 Å². The Morgan fingerprint density at radius 1 is 0.957 bits per heavy atom. The highest BCUT2D eigenvalue weighted by atomic mass is 15.3. The summed E-state index contributed by atoms with van der Waals surface area (Å²) < 4.78 is 1.91. The molecule has 0 unspecified atom stereocenters. The van der Waals surface area contributed by atoms with E-state index in [2.05, 4.69) is 15.0 Å². The van der Waals surface area contributed by atoms with Gasteiger partial charge in [0, 0.05) is 33.9 Å². The van der Waals surface area contributed by atoms with E-state index >= 15 is 0 Å². The molecule has 0 saturated heterocycles. The van der Waals surface area contributed by atoms with Gasteiger partial charge in [-0.25, -0.2) is 4.98 Å². The molecule has 6 nitrogen and oxygen atoms in total. The molecule has 2 heterocycles. The molecule has 3 aromatic rings. The van der Waals surface area contributed by atoms with E-state index in [0.29, 0.717) is 5.95 Å². The van der Waals surface area contributed by atoms with Crippen molar-refractivity contribution in [3.05, 3.63) is 36.7 Å². The minimum absolute atomic E-state index is 0.670. The third kappa shape index (κ3) is 3.26. The molecule has 1 aromatic carbocycles. The molecule has 0 atom stereocenters. The Balaban J connectivity index is 0.000000924. The van der Waals surface area contributed by atoms with E-state index < -0.39 is 0 Å². The summed E-state index contributed by atoms with van der Waals surface area (Å²) in [5, 5.41) is 0. The summed E-state index contributed by atoms with van der Waals surface area (Å²) >= 11 is 0. The average Bonchev–Trinajstić information content (AvgIpc) is 2.97. The number of imidazole rings is 1. The van der Waals surface area contributed by atoms with Gasteiger partial charge in [-0.2, -0.15) is 9.97 Å². The van der Waals surface area contributed by atoms with E-state index in [1.807, 2.05) is 86.7 Å². The molecular weight excluding hydrogens is 288 g/mol. The maximum atomic E-state index is 4.65. The van der Waals surface area contributed by atoms with Crippen LogP contribution in [0.1, 0.15) is 13.8 Å². The Morgan fingerprint density at radius 3 is 2.22 bits per heavy atom. The smallest absolute Gasteiger partial charge is 0.228 e. The first-order chi connectivity index (χ1) is 11.1. The van der Waals surface area contributed by atoms with Crippen LogP contribution in [-0.4, -0.2) is 40.7 Å². The molecule has 0 fully saturated rings. The summed E-state index contributed by atoms with van der Waals surface area (Å²) in [7, 11) is 7.80. The summed E-state index contributed by atoms with van der Waals surface area (Å²) in [5.41, 5.74) is 2.69. The lowest BCUT2D eigenvalue weighted by Crippen LogP contribution is -2.17. The molecule has 0 spiro atoms. The van der Waals surface area contributed by atoms with Crippen LogP contribution in [0, 0.1) is 0 Å².